The number of carbonyl (C=O) groups is 1. The molecule has 2 aromatic carbocycles. The Morgan fingerprint density at radius 2 is 1.96 bits per heavy atom. The number of rotatable bonds is 5. The summed E-state index contributed by atoms with van der Waals surface area (Å²) in [5.41, 5.74) is 2.85. The molecular weight excluding hydrogens is 366 g/mol. The first kappa shape index (κ1) is 16.6. The number of hydrogen-bond donors (Lipinski definition) is 1. The molecule has 2 aromatic rings. The molecule has 23 heavy (non-hydrogen) atoms. The Labute approximate surface area is 139 Å². The minimum absolute atomic E-state index is 0.0337. The maximum absolute atomic E-state index is 11.7. The van der Waals surface area contributed by atoms with E-state index in [1.165, 1.54) is 0 Å². The minimum atomic E-state index is -0.621. The van der Waals surface area contributed by atoms with Gasteiger partial charge < -0.3 is 5.11 Å². The van der Waals surface area contributed by atoms with Gasteiger partial charge in [0, 0.05) is 10.5 Å². The van der Waals surface area contributed by atoms with Gasteiger partial charge >= 0.3 is 0 Å². The zero-order chi connectivity index (χ0) is 16.8. The van der Waals surface area contributed by atoms with Crippen LogP contribution in [0.3, 0.4) is 0 Å². The highest BCUT2D eigenvalue weighted by Crippen LogP contribution is 2.20. The zero-order valence-electron chi connectivity index (χ0n) is 11.7. The Bertz CT molecular complexity index is 760. The number of hydrazone groups is 1. The van der Waals surface area contributed by atoms with Crippen LogP contribution in [0.5, 0.6) is 5.75 Å². The van der Waals surface area contributed by atoms with Crippen LogP contribution in [0.2, 0.25) is 0 Å². The molecule has 1 N–H and O–H groups in total. The summed E-state index contributed by atoms with van der Waals surface area (Å²) < 4.78 is 0.907. The maximum Gasteiger partial charge on any atom is 0.278 e. The van der Waals surface area contributed by atoms with Crippen LogP contribution >= 0.6 is 15.9 Å². The van der Waals surface area contributed by atoms with Crippen LogP contribution in [0.1, 0.15) is 11.1 Å². The van der Waals surface area contributed by atoms with E-state index in [-0.39, 0.29) is 29.3 Å². The monoisotopic (exact) mass is 376 g/mol. The van der Waals surface area contributed by atoms with Crippen molar-refractivity contribution in [3.8, 4) is 5.75 Å². The molecule has 0 fully saturated rings. The number of nitrogens with zero attached hydrogens (tertiary/aromatic N) is 2. The number of nitrogens with one attached hydrogen (secondary N) is 1. The summed E-state index contributed by atoms with van der Waals surface area (Å²) >= 11 is 3.30. The Morgan fingerprint density at radius 1 is 1.26 bits per heavy atom. The van der Waals surface area contributed by atoms with Gasteiger partial charge in [-0.3, -0.25) is 14.9 Å². The van der Waals surface area contributed by atoms with Gasteiger partial charge in [0.1, 0.15) is 0 Å². The van der Waals surface area contributed by atoms with Crippen molar-refractivity contribution >= 4 is 33.7 Å². The molecule has 0 aliphatic heterocycles. The van der Waals surface area contributed by atoms with E-state index in [1.54, 1.807) is 12.1 Å². The Morgan fingerprint density at radius 3 is 2.61 bits per heavy atom. The van der Waals surface area contributed by atoms with E-state index in [0.717, 1.165) is 34.4 Å². The van der Waals surface area contributed by atoms with Gasteiger partial charge in [-0.2, -0.15) is 5.10 Å². The van der Waals surface area contributed by atoms with Crippen molar-refractivity contribution in [2.75, 3.05) is 0 Å². The standard InChI is InChI=1S/C15H12BrN3O4/c16-12-3-1-10(2-4-12)7-15(21)18-17-9-11-8-13(20)5-6-14(11)19(22)23/h1-6,8-9,20H,7H2,(H,18,21)/p-1/b17-9-. The molecule has 0 saturated carbocycles. The quantitative estimate of drug-likeness (QED) is 0.489. The van der Waals surface area contributed by atoms with Crippen LogP contribution in [0.4, 0.5) is 5.69 Å². The summed E-state index contributed by atoms with van der Waals surface area (Å²) in [5.74, 6) is -0.747. The average molecular weight is 377 g/mol. The summed E-state index contributed by atoms with van der Waals surface area (Å²) in [7, 11) is 0. The van der Waals surface area contributed by atoms with Crippen LogP contribution in [-0.4, -0.2) is 17.0 Å². The molecule has 0 bridgehead atoms. The minimum Gasteiger partial charge on any atom is -0.872 e. The summed E-state index contributed by atoms with van der Waals surface area (Å²) in [6.07, 6.45) is 1.20. The summed E-state index contributed by atoms with van der Waals surface area (Å²) in [6.45, 7) is 0. The second kappa shape index (κ2) is 7.50. The number of benzene rings is 2. The fraction of sp³-hybridized carbons (Fsp3) is 0.0667. The third kappa shape index (κ3) is 4.89. The molecule has 0 aliphatic rings. The van der Waals surface area contributed by atoms with Crippen LogP contribution in [0.15, 0.2) is 52.0 Å². The first-order valence-electron chi connectivity index (χ1n) is 6.47. The van der Waals surface area contributed by atoms with E-state index < -0.39 is 4.92 Å². The third-order valence-corrected chi connectivity index (χ3v) is 3.40. The molecule has 0 atom stereocenters. The van der Waals surface area contributed by atoms with Gasteiger partial charge in [0.25, 0.3) is 5.69 Å². The van der Waals surface area contributed by atoms with Crippen molar-refractivity contribution in [1.29, 1.82) is 0 Å². The number of nitro groups is 1. The van der Waals surface area contributed by atoms with Crippen LogP contribution in [-0.2, 0) is 11.2 Å². The molecule has 8 heteroatoms. The van der Waals surface area contributed by atoms with Crippen LogP contribution in [0, 0.1) is 10.1 Å². The number of carbonyl (C=O) groups excluding carboxylic acids is 1. The van der Waals surface area contributed by atoms with Crippen molar-refractivity contribution in [3.63, 3.8) is 0 Å². The molecule has 0 aliphatic carbocycles. The smallest absolute Gasteiger partial charge is 0.278 e. The summed E-state index contributed by atoms with van der Waals surface area (Å²) in [4.78, 5) is 22.0. The Balaban J connectivity index is 2.01. The number of amides is 1. The van der Waals surface area contributed by atoms with E-state index in [2.05, 4.69) is 26.5 Å². The second-order valence-electron chi connectivity index (χ2n) is 4.57. The normalized spacial score (nSPS) is 10.7. The van der Waals surface area contributed by atoms with E-state index in [1.807, 2.05) is 12.1 Å². The topological polar surface area (TPSA) is 108 Å². The SMILES string of the molecule is O=C(Cc1ccc(Br)cc1)N/N=C\c1cc([O-])ccc1[N+](=O)[O-]. The molecule has 118 valence electrons. The van der Waals surface area contributed by atoms with Gasteiger partial charge in [0.15, 0.2) is 0 Å². The van der Waals surface area contributed by atoms with E-state index in [9.17, 15) is 20.0 Å². The Kier molecular flexibility index (Phi) is 5.42. The highest BCUT2D eigenvalue weighted by Gasteiger charge is 2.10. The number of halogens is 1. The lowest BCUT2D eigenvalue weighted by atomic mass is 10.1. The van der Waals surface area contributed by atoms with E-state index in [4.69, 9.17) is 0 Å². The second-order valence-corrected chi connectivity index (χ2v) is 5.49. The maximum atomic E-state index is 11.7. The molecule has 0 spiro atoms. The van der Waals surface area contributed by atoms with Crippen molar-refractivity contribution in [1.82, 2.24) is 5.43 Å². The van der Waals surface area contributed by atoms with Crippen molar-refractivity contribution < 1.29 is 14.8 Å². The molecule has 0 saturated heterocycles. The average Bonchev–Trinajstić information content (AvgIpc) is 2.49. The molecule has 7 nitrogen and oxygen atoms in total. The zero-order valence-corrected chi connectivity index (χ0v) is 13.3. The third-order valence-electron chi connectivity index (χ3n) is 2.87. The largest absolute Gasteiger partial charge is 0.872 e. The molecule has 0 radical (unpaired) electrons. The van der Waals surface area contributed by atoms with Gasteiger partial charge in [-0.25, -0.2) is 5.43 Å². The highest BCUT2D eigenvalue weighted by atomic mass is 79.9. The molecule has 1 amide bonds. The number of nitro benzene ring substituents is 1. The van der Waals surface area contributed by atoms with Gasteiger partial charge in [-0.1, -0.05) is 40.2 Å². The number of hydrogen-bond acceptors (Lipinski definition) is 5. The predicted molar refractivity (Wildman–Crippen MR) is 86.1 cm³/mol. The van der Waals surface area contributed by atoms with Gasteiger partial charge in [-0.05, 0) is 17.7 Å². The fourth-order valence-corrected chi connectivity index (χ4v) is 2.07. The van der Waals surface area contributed by atoms with Crippen molar-refractivity contribution in [2.24, 2.45) is 5.10 Å². The first-order chi connectivity index (χ1) is 11.0. The van der Waals surface area contributed by atoms with Crippen LogP contribution in [0.25, 0.3) is 0 Å². The Hall–Kier alpha value is -2.74. The highest BCUT2D eigenvalue weighted by molar-refractivity contribution is 9.10. The summed E-state index contributed by atoms with van der Waals surface area (Å²) in [5, 5.41) is 25.8. The van der Waals surface area contributed by atoms with Crippen molar-refractivity contribution in [2.45, 2.75) is 6.42 Å². The lowest BCUT2D eigenvalue weighted by Gasteiger charge is -2.05. The van der Waals surface area contributed by atoms with E-state index in [0.29, 0.717) is 0 Å². The lowest BCUT2D eigenvalue weighted by molar-refractivity contribution is -0.385. The van der Waals surface area contributed by atoms with E-state index >= 15 is 0 Å². The molecule has 2 rings (SSSR count). The predicted octanol–water partition coefficient (Wildman–Crippen LogP) is 2.12. The van der Waals surface area contributed by atoms with Gasteiger partial charge in [0.05, 0.1) is 23.1 Å². The molecule has 0 heterocycles. The first-order valence-corrected chi connectivity index (χ1v) is 7.27. The van der Waals surface area contributed by atoms with Crippen molar-refractivity contribution in [3.05, 3.63) is 68.2 Å². The molecule has 0 unspecified atom stereocenters. The van der Waals surface area contributed by atoms with Gasteiger partial charge in [-0.15, -0.1) is 5.75 Å². The summed E-state index contributed by atoms with van der Waals surface area (Å²) in [6, 6.07) is 10.5. The lowest BCUT2D eigenvalue weighted by Crippen LogP contribution is -2.19. The molecular formula is C15H11BrN3O4-. The van der Waals surface area contributed by atoms with Crippen LogP contribution < -0.4 is 10.5 Å². The van der Waals surface area contributed by atoms with Gasteiger partial charge in [0.2, 0.25) is 5.91 Å². The molecule has 0 aromatic heterocycles. The fourth-order valence-electron chi connectivity index (χ4n) is 1.80.